The fourth-order valence-electron chi connectivity index (χ4n) is 6.14. The molecule has 3 aliphatic rings. The molecule has 0 radical (unpaired) electrons. The van der Waals surface area contributed by atoms with Crippen LogP contribution in [0, 0.1) is 11.2 Å². The van der Waals surface area contributed by atoms with Crippen molar-refractivity contribution < 1.29 is 28.1 Å². The van der Waals surface area contributed by atoms with Crippen molar-refractivity contribution in [2.75, 3.05) is 31.2 Å². The van der Waals surface area contributed by atoms with Crippen molar-refractivity contribution in [3.8, 4) is 11.5 Å². The fourth-order valence-corrected chi connectivity index (χ4v) is 6.14. The highest BCUT2D eigenvalue weighted by atomic mass is 19.1. The van der Waals surface area contributed by atoms with Crippen molar-refractivity contribution in [2.45, 2.75) is 83.6 Å². The molecule has 1 aromatic heterocycles. The Balaban J connectivity index is 1.02. The molecule has 1 aliphatic carbocycles. The van der Waals surface area contributed by atoms with Gasteiger partial charge in [-0.3, -0.25) is 0 Å². The molecule has 1 spiro atoms. The fraction of sp³-hybridized carbons (Fsp3) is 0.514. The Labute approximate surface area is 264 Å². The van der Waals surface area contributed by atoms with Crippen molar-refractivity contribution in [3.05, 3.63) is 77.5 Å². The van der Waals surface area contributed by atoms with Gasteiger partial charge in [0, 0.05) is 37.4 Å². The average molecular weight is 619 g/mol. The number of rotatable bonds is 9. The Bertz CT molecular complexity index is 1500. The number of aromatic nitrogens is 2. The van der Waals surface area contributed by atoms with E-state index in [2.05, 4.69) is 41.3 Å². The molecule has 1 N–H and O–H groups in total. The van der Waals surface area contributed by atoms with Gasteiger partial charge in [-0.2, -0.15) is 0 Å². The molecule has 1 amide bonds. The van der Waals surface area contributed by atoms with E-state index in [9.17, 15) is 4.79 Å². The number of nitrogens with zero attached hydrogens (tertiary/aromatic N) is 3. The molecule has 240 valence electrons. The van der Waals surface area contributed by atoms with Crippen molar-refractivity contribution in [1.29, 1.82) is 0 Å². The first kappa shape index (κ1) is 31.1. The van der Waals surface area contributed by atoms with E-state index in [0.717, 1.165) is 56.0 Å². The quantitative estimate of drug-likeness (QED) is 0.296. The van der Waals surface area contributed by atoms with Gasteiger partial charge in [-0.15, -0.1) is 0 Å². The number of anilines is 1. The molecule has 0 bridgehead atoms. The second kappa shape index (κ2) is 11.8. The second-order valence-corrected chi connectivity index (χ2v) is 14.2. The van der Waals surface area contributed by atoms with Crippen LogP contribution in [0.1, 0.15) is 77.3 Å². The van der Waals surface area contributed by atoms with Crippen molar-refractivity contribution in [2.24, 2.45) is 5.41 Å². The van der Waals surface area contributed by atoms with Crippen molar-refractivity contribution in [3.63, 3.8) is 0 Å². The van der Waals surface area contributed by atoms with Crippen LogP contribution in [0.15, 0.2) is 54.9 Å². The van der Waals surface area contributed by atoms with E-state index in [1.165, 1.54) is 6.33 Å². The number of hydrogen-bond acceptors (Lipinski definition) is 8. The van der Waals surface area contributed by atoms with Crippen LogP contribution in [0.5, 0.6) is 11.5 Å². The van der Waals surface area contributed by atoms with Crippen molar-refractivity contribution >= 4 is 11.9 Å². The molecule has 0 unspecified atom stereocenters. The highest BCUT2D eigenvalue weighted by Crippen LogP contribution is 2.41. The summed E-state index contributed by atoms with van der Waals surface area (Å²) in [5.74, 6) is 1.34. The van der Waals surface area contributed by atoms with Crippen LogP contribution in [0.3, 0.4) is 0 Å². The zero-order chi connectivity index (χ0) is 32.0. The van der Waals surface area contributed by atoms with Crippen LogP contribution >= 0.6 is 0 Å². The molecule has 2 aromatic carbocycles. The highest BCUT2D eigenvalue weighted by Gasteiger charge is 2.50. The molecule has 10 heteroatoms. The summed E-state index contributed by atoms with van der Waals surface area (Å²) in [4.78, 5) is 22.3. The average Bonchev–Trinajstić information content (AvgIpc) is 2.90. The Morgan fingerprint density at radius 2 is 1.58 bits per heavy atom. The summed E-state index contributed by atoms with van der Waals surface area (Å²) in [6.07, 6.45) is 2.00. The molecular formula is C35H43FN4O5. The molecule has 45 heavy (non-hydrogen) atoms. The Hall–Kier alpha value is -3.92. The van der Waals surface area contributed by atoms with E-state index < -0.39 is 17.5 Å². The van der Waals surface area contributed by atoms with Crippen molar-refractivity contribution in [1.82, 2.24) is 15.3 Å². The van der Waals surface area contributed by atoms with Gasteiger partial charge in [-0.25, -0.2) is 19.2 Å². The Morgan fingerprint density at radius 1 is 0.978 bits per heavy atom. The summed E-state index contributed by atoms with van der Waals surface area (Å²) < 4.78 is 38.3. The normalized spacial score (nSPS) is 21.2. The van der Waals surface area contributed by atoms with Gasteiger partial charge in [0.2, 0.25) is 0 Å². The summed E-state index contributed by atoms with van der Waals surface area (Å²) in [6.45, 7) is 14.7. The van der Waals surface area contributed by atoms with Gasteiger partial charge in [0.05, 0.1) is 18.6 Å². The van der Waals surface area contributed by atoms with Gasteiger partial charge >= 0.3 is 6.09 Å². The van der Waals surface area contributed by atoms with Gasteiger partial charge in [0.15, 0.2) is 11.6 Å². The number of hydrogen-bond donors (Lipinski definition) is 1. The van der Waals surface area contributed by atoms with Gasteiger partial charge in [0.25, 0.3) is 0 Å². The number of ether oxygens (including phenoxy) is 4. The molecule has 2 saturated heterocycles. The SMILES string of the molecule is C[C@@H](Oc1ccc(C(C)(C)c2ccc(OC3CC(NC(=O)OC(C)(C)C)C3)cc2)cc1)c1ncnc(N2CC3(COC3)C2)c1F. The summed E-state index contributed by atoms with van der Waals surface area (Å²) in [5, 5.41) is 2.90. The lowest BCUT2D eigenvalue weighted by Crippen LogP contribution is -2.66. The molecule has 3 aromatic rings. The number of carbonyl (C=O) groups is 1. The lowest BCUT2D eigenvalue weighted by Gasteiger charge is -2.55. The number of halogens is 1. The third kappa shape index (κ3) is 6.71. The van der Waals surface area contributed by atoms with Gasteiger partial charge in [0.1, 0.15) is 41.3 Å². The third-order valence-electron chi connectivity index (χ3n) is 8.93. The minimum atomic E-state index is -0.584. The van der Waals surface area contributed by atoms with Crippen LogP contribution in [0.2, 0.25) is 0 Å². The first-order valence-electron chi connectivity index (χ1n) is 15.7. The maximum Gasteiger partial charge on any atom is 0.407 e. The van der Waals surface area contributed by atoms with E-state index >= 15 is 4.39 Å². The van der Waals surface area contributed by atoms with Crippen LogP contribution in [0.25, 0.3) is 0 Å². The van der Waals surface area contributed by atoms with Crippen LogP contribution in [0.4, 0.5) is 15.0 Å². The van der Waals surface area contributed by atoms with Gasteiger partial charge in [-0.05, 0) is 63.1 Å². The largest absolute Gasteiger partial charge is 0.490 e. The lowest BCUT2D eigenvalue weighted by molar-refractivity contribution is -0.127. The summed E-state index contributed by atoms with van der Waals surface area (Å²) in [5.41, 5.74) is 1.89. The van der Waals surface area contributed by atoms with E-state index in [-0.39, 0.29) is 34.8 Å². The molecule has 6 rings (SSSR count). The van der Waals surface area contributed by atoms with Crippen LogP contribution in [-0.2, 0) is 14.9 Å². The molecule has 2 aliphatic heterocycles. The number of amides is 1. The second-order valence-electron chi connectivity index (χ2n) is 14.2. The predicted molar refractivity (Wildman–Crippen MR) is 168 cm³/mol. The number of benzene rings is 2. The topological polar surface area (TPSA) is 95.0 Å². The van der Waals surface area contributed by atoms with Crippen LogP contribution < -0.4 is 19.7 Å². The molecule has 9 nitrogen and oxygen atoms in total. The van der Waals surface area contributed by atoms with Crippen LogP contribution in [-0.4, -0.2) is 60.1 Å². The highest BCUT2D eigenvalue weighted by molar-refractivity contribution is 5.68. The van der Waals surface area contributed by atoms with E-state index in [0.29, 0.717) is 11.6 Å². The minimum Gasteiger partial charge on any atom is -0.490 e. The molecule has 1 atom stereocenters. The molecule has 3 fully saturated rings. The van der Waals surface area contributed by atoms with Gasteiger partial charge in [-0.1, -0.05) is 38.1 Å². The molecular weight excluding hydrogens is 575 g/mol. The zero-order valence-corrected chi connectivity index (χ0v) is 26.9. The lowest BCUT2D eigenvalue weighted by atomic mass is 9.78. The van der Waals surface area contributed by atoms with Gasteiger partial charge < -0.3 is 29.2 Å². The van der Waals surface area contributed by atoms with E-state index in [1.54, 1.807) is 6.92 Å². The van der Waals surface area contributed by atoms with E-state index in [1.807, 2.05) is 62.1 Å². The monoisotopic (exact) mass is 618 g/mol. The number of carbonyl (C=O) groups excluding carboxylic acids is 1. The Morgan fingerprint density at radius 3 is 2.13 bits per heavy atom. The Kier molecular flexibility index (Phi) is 8.14. The number of alkyl carbamates (subject to hydrolysis) is 1. The maximum atomic E-state index is 15.4. The zero-order valence-electron chi connectivity index (χ0n) is 26.9. The molecule has 3 heterocycles. The smallest absolute Gasteiger partial charge is 0.407 e. The summed E-state index contributed by atoms with van der Waals surface area (Å²) >= 11 is 0. The first-order valence-corrected chi connectivity index (χ1v) is 15.7. The molecule has 1 saturated carbocycles. The van der Waals surface area contributed by atoms with E-state index in [4.69, 9.17) is 18.9 Å². The standard InChI is InChI=1S/C35H43FN4O5/c1-22(30-29(36)31(38-21-37-30)40-17-35(18-40)19-42-20-35)43-26-11-7-23(8-12-26)34(5,6)24-9-13-27(14-10-24)44-28-15-25(16-28)39-32(41)45-33(2,3)4/h7-14,21-22,25,28H,15-20H2,1-6H3,(H,39,41)/t22-,25?,28?/m1/s1. The number of nitrogens with one attached hydrogen (secondary N) is 1. The predicted octanol–water partition coefficient (Wildman–Crippen LogP) is 6.35. The minimum absolute atomic E-state index is 0.0615. The summed E-state index contributed by atoms with van der Waals surface area (Å²) in [6, 6.07) is 16.1. The first-order chi connectivity index (χ1) is 21.3. The third-order valence-corrected chi connectivity index (χ3v) is 8.93. The summed E-state index contributed by atoms with van der Waals surface area (Å²) in [7, 11) is 0. The maximum absolute atomic E-state index is 15.4.